The van der Waals surface area contributed by atoms with Crippen molar-refractivity contribution in [3.05, 3.63) is 33.8 Å². The van der Waals surface area contributed by atoms with Gasteiger partial charge in [0.1, 0.15) is 0 Å². The molecule has 2 nitrogen and oxygen atoms in total. The first-order chi connectivity index (χ1) is 6.00. The Morgan fingerprint density at radius 1 is 1.00 bits per heavy atom. The molecule has 6 heteroatoms. The lowest BCUT2D eigenvalue weighted by molar-refractivity contribution is -0.0561. The Morgan fingerprint density at radius 3 is 1.73 bits per heavy atom. The molecule has 1 aromatic rings. The van der Waals surface area contributed by atoms with Crippen LogP contribution in [0.3, 0.4) is 0 Å². The summed E-state index contributed by atoms with van der Waals surface area (Å²) in [4.78, 5) is 0. The minimum atomic E-state index is -1.39. The Balaban J connectivity index is 0. The first-order valence-corrected chi connectivity index (χ1v) is 4.58. The van der Waals surface area contributed by atoms with E-state index in [0.717, 1.165) is 0 Å². The molecule has 0 saturated heterocycles. The van der Waals surface area contributed by atoms with Gasteiger partial charge in [0.05, 0.1) is 0 Å². The van der Waals surface area contributed by atoms with Gasteiger partial charge in [0.25, 0.3) is 0 Å². The van der Waals surface area contributed by atoms with Gasteiger partial charge in [-0.2, -0.15) is 0 Å². The SMILES string of the molecule is CC(c1cc(Cl)cc(Cl)c1)C(O)O.Cl.Cl. The van der Waals surface area contributed by atoms with Crippen molar-refractivity contribution >= 4 is 48.0 Å². The number of halogens is 4. The molecule has 0 radical (unpaired) electrons. The van der Waals surface area contributed by atoms with E-state index < -0.39 is 12.2 Å². The first kappa shape index (κ1) is 17.7. The highest BCUT2D eigenvalue weighted by Gasteiger charge is 2.13. The van der Waals surface area contributed by atoms with E-state index in [9.17, 15) is 0 Å². The standard InChI is InChI=1S/C9H10Cl2O2.2ClH/c1-5(9(12)13)6-2-7(10)4-8(11)3-6;;/h2-5,9,12-13H,1H3;2*1H. The van der Waals surface area contributed by atoms with Gasteiger partial charge in [0.2, 0.25) is 0 Å². The van der Waals surface area contributed by atoms with Crippen LogP contribution >= 0.6 is 48.0 Å². The Hall–Kier alpha value is 0.300. The van der Waals surface area contributed by atoms with Gasteiger partial charge in [-0.15, -0.1) is 24.8 Å². The molecule has 1 atom stereocenters. The molecule has 1 aromatic carbocycles. The predicted molar refractivity (Wildman–Crippen MR) is 67.6 cm³/mol. The minimum Gasteiger partial charge on any atom is -0.368 e. The molecular weight excluding hydrogens is 282 g/mol. The van der Waals surface area contributed by atoms with Gasteiger partial charge in [0, 0.05) is 16.0 Å². The van der Waals surface area contributed by atoms with Gasteiger partial charge in [-0.25, -0.2) is 0 Å². The molecular formula is C9H12Cl4O2. The molecule has 2 N–H and O–H groups in total. The van der Waals surface area contributed by atoms with Crippen LogP contribution in [0.2, 0.25) is 10.0 Å². The average Bonchev–Trinajstić information content (AvgIpc) is 2.01. The first-order valence-electron chi connectivity index (χ1n) is 3.83. The van der Waals surface area contributed by atoms with Crippen molar-refractivity contribution in [3.8, 4) is 0 Å². The van der Waals surface area contributed by atoms with Crippen LogP contribution in [-0.4, -0.2) is 16.5 Å². The summed E-state index contributed by atoms with van der Waals surface area (Å²) >= 11 is 11.5. The van der Waals surface area contributed by atoms with E-state index in [2.05, 4.69) is 0 Å². The molecule has 0 aliphatic rings. The van der Waals surface area contributed by atoms with Crippen molar-refractivity contribution in [3.63, 3.8) is 0 Å². The van der Waals surface area contributed by atoms with E-state index in [0.29, 0.717) is 15.6 Å². The fraction of sp³-hybridized carbons (Fsp3) is 0.333. The molecule has 0 aliphatic carbocycles. The van der Waals surface area contributed by atoms with E-state index in [1.165, 1.54) is 0 Å². The molecule has 0 aliphatic heterocycles. The molecule has 0 aromatic heterocycles. The monoisotopic (exact) mass is 292 g/mol. The number of rotatable bonds is 2. The second-order valence-corrected chi connectivity index (χ2v) is 3.78. The third-order valence-electron chi connectivity index (χ3n) is 1.86. The van der Waals surface area contributed by atoms with E-state index in [-0.39, 0.29) is 24.8 Å². The molecule has 0 saturated carbocycles. The summed E-state index contributed by atoms with van der Waals surface area (Å²) in [7, 11) is 0. The van der Waals surface area contributed by atoms with Crippen LogP contribution in [0, 0.1) is 0 Å². The number of aliphatic hydroxyl groups excluding tert-OH is 1. The molecule has 0 bridgehead atoms. The zero-order chi connectivity index (χ0) is 10.0. The van der Waals surface area contributed by atoms with Crippen LogP contribution in [0.25, 0.3) is 0 Å². The third-order valence-corrected chi connectivity index (χ3v) is 2.29. The van der Waals surface area contributed by atoms with E-state index in [1.54, 1.807) is 25.1 Å². The topological polar surface area (TPSA) is 40.5 Å². The maximum Gasteiger partial charge on any atom is 0.158 e. The molecule has 0 spiro atoms. The number of benzene rings is 1. The molecule has 15 heavy (non-hydrogen) atoms. The molecule has 0 fully saturated rings. The summed E-state index contributed by atoms with van der Waals surface area (Å²) in [5.41, 5.74) is 0.715. The molecule has 0 heterocycles. The lowest BCUT2D eigenvalue weighted by Crippen LogP contribution is -2.14. The summed E-state index contributed by atoms with van der Waals surface area (Å²) in [5.74, 6) is -0.392. The second kappa shape index (κ2) is 7.55. The fourth-order valence-corrected chi connectivity index (χ4v) is 1.55. The van der Waals surface area contributed by atoms with Gasteiger partial charge in [-0.1, -0.05) is 30.1 Å². The van der Waals surface area contributed by atoms with Crippen LogP contribution in [0.1, 0.15) is 18.4 Å². The van der Waals surface area contributed by atoms with Crippen molar-refractivity contribution in [1.82, 2.24) is 0 Å². The summed E-state index contributed by atoms with van der Waals surface area (Å²) in [6.07, 6.45) is -1.39. The smallest absolute Gasteiger partial charge is 0.158 e. The average molecular weight is 294 g/mol. The summed E-state index contributed by atoms with van der Waals surface area (Å²) in [5, 5.41) is 18.8. The lowest BCUT2D eigenvalue weighted by atomic mass is 10.0. The molecule has 0 amide bonds. The van der Waals surface area contributed by atoms with Crippen LogP contribution in [0.5, 0.6) is 0 Å². The normalized spacial score (nSPS) is 11.6. The van der Waals surface area contributed by atoms with Gasteiger partial charge >= 0.3 is 0 Å². The minimum absolute atomic E-state index is 0. The van der Waals surface area contributed by atoms with Crippen LogP contribution in [0.15, 0.2) is 18.2 Å². The maximum absolute atomic E-state index is 8.93. The van der Waals surface area contributed by atoms with E-state index in [4.69, 9.17) is 33.4 Å². The maximum atomic E-state index is 8.93. The van der Waals surface area contributed by atoms with Crippen LogP contribution in [-0.2, 0) is 0 Å². The van der Waals surface area contributed by atoms with E-state index >= 15 is 0 Å². The Kier molecular flexibility index (Phi) is 8.91. The largest absolute Gasteiger partial charge is 0.368 e. The molecule has 88 valence electrons. The summed E-state index contributed by atoms with van der Waals surface area (Å²) < 4.78 is 0. The Morgan fingerprint density at radius 2 is 1.40 bits per heavy atom. The van der Waals surface area contributed by atoms with Gasteiger partial charge < -0.3 is 10.2 Å². The lowest BCUT2D eigenvalue weighted by Gasteiger charge is -2.14. The van der Waals surface area contributed by atoms with Crippen molar-refractivity contribution in [1.29, 1.82) is 0 Å². The van der Waals surface area contributed by atoms with Crippen molar-refractivity contribution in [2.24, 2.45) is 0 Å². The van der Waals surface area contributed by atoms with Crippen molar-refractivity contribution in [2.45, 2.75) is 19.1 Å². The molecule has 1 unspecified atom stereocenters. The van der Waals surface area contributed by atoms with Crippen LogP contribution in [0.4, 0.5) is 0 Å². The number of hydrogen-bond donors (Lipinski definition) is 2. The van der Waals surface area contributed by atoms with Crippen LogP contribution < -0.4 is 0 Å². The quantitative estimate of drug-likeness (QED) is 0.822. The summed E-state index contributed by atoms with van der Waals surface area (Å²) in [6, 6.07) is 4.93. The Labute approximate surface area is 111 Å². The zero-order valence-electron chi connectivity index (χ0n) is 7.85. The summed E-state index contributed by atoms with van der Waals surface area (Å²) in [6.45, 7) is 1.69. The highest BCUT2D eigenvalue weighted by molar-refractivity contribution is 6.34. The predicted octanol–water partition coefficient (Wildman–Crippen LogP) is 3.25. The fourth-order valence-electron chi connectivity index (χ4n) is 1.01. The van der Waals surface area contributed by atoms with Crippen molar-refractivity contribution in [2.75, 3.05) is 0 Å². The van der Waals surface area contributed by atoms with E-state index in [1.807, 2.05) is 0 Å². The molecule has 1 rings (SSSR count). The number of hydrogen-bond acceptors (Lipinski definition) is 2. The highest BCUT2D eigenvalue weighted by Crippen LogP contribution is 2.25. The Bertz CT molecular complexity index is 284. The van der Waals surface area contributed by atoms with Crippen molar-refractivity contribution < 1.29 is 10.2 Å². The van der Waals surface area contributed by atoms with Gasteiger partial charge in [-0.3, -0.25) is 0 Å². The number of aliphatic hydroxyl groups is 2. The van der Waals surface area contributed by atoms with Gasteiger partial charge in [0.15, 0.2) is 6.29 Å². The van der Waals surface area contributed by atoms with Gasteiger partial charge in [-0.05, 0) is 23.8 Å². The second-order valence-electron chi connectivity index (χ2n) is 2.91. The highest BCUT2D eigenvalue weighted by atomic mass is 35.5. The zero-order valence-corrected chi connectivity index (χ0v) is 11.0. The third kappa shape index (κ3) is 5.25.